The van der Waals surface area contributed by atoms with E-state index in [2.05, 4.69) is 6.92 Å². The molecule has 1 aromatic rings. The molecule has 1 aromatic carbocycles. The third-order valence-electron chi connectivity index (χ3n) is 2.79. The highest BCUT2D eigenvalue weighted by Crippen LogP contribution is 2.06. The topological polar surface area (TPSA) is 26.3 Å². The number of Topliss-reactive ketones (excluding diaryl/α,β-unsaturated/α-hetero) is 1. The highest BCUT2D eigenvalue weighted by atomic mass is 16.5. The molecule has 17 heavy (non-hydrogen) atoms. The van der Waals surface area contributed by atoms with Crippen molar-refractivity contribution in [1.82, 2.24) is 0 Å². The summed E-state index contributed by atoms with van der Waals surface area (Å²) in [4.78, 5) is 11.1. The summed E-state index contributed by atoms with van der Waals surface area (Å²) in [5.41, 5.74) is 2.00. The number of ketones is 1. The van der Waals surface area contributed by atoms with Gasteiger partial charge in [0.25, 0.3) is 0 Å². The van der Waals surface area contributed by atoms with Crippen LogP contribution in [0.2, 0.25) is 0 Å². The van der Waals surface area contributed by atoms with Crippen molar-refractivity contribution in [2.45, 2.75) is 39.5 Å². The molecule has 0 N–H and O–H groups in total. The van der Waals surface area contributed by atoms with Crippen LogP contribution in [0.1, 0.15) is 49.0 Å². The average molecular weight is 234 g/mol. The molecule has 0 heterocycles. The van der Waals surface area contributed by atoms with Gasteiger partial charge in [-0.1, -0.05) is 44.0 Å². The molecule has 0 aliphatic heterocycles. The van der Waals surface area contributed by atoms with Crippen molar-refractivity contribution in [3.8, 4) is 0 Å². The number of carbonyl (C=O) groups is 1. The monoisotopic (exact) mass is 234 g/mol. The number of unbranched alkanes of at least 4 members (excludes halogenated alkanes) is 2. The molecule has 1 rings (SSSR count). The highest BCUT2D eigenvalue weighted by molar-refractivity contribution is 5.93. The van der Waals surface area contributed by atoms with Crippen LogP contribution in [0.15, 0.2) is 24.3 Å². The standard InChI is InChI=1S/C15H22O2/c1-3-4-5-11-17-12-10-14-6-8-15(9-7-14)13(2)16/h6-9H,3-5,10-12H2,1-2H3. The first-order valence-electron chi connectivity index (χ1n) is 6.41. The van der Waals surface area contributed by atoms with Crippen molar-refractivity contribution in [3.63, 3.8) is 0 Å². The fourth-order valence-corrected chi connectivity index (χ4v) is 1.65. The molecular weight excluding hydrogens is 212 g/mol. The van der Waals surface area contributed by atoms with Gasteiger partial charge in [-0.15, -0.1) is 0 Å². The summed E-state index contributed by atoms with van der Waals surface area (Å²) in [6.45, 7) is 5.41. The van der Waals surface area contributed by atoms with Gasteiger partial charge in [0.1, 0.15) is 0 Å². The molecular formula is C15H22O2. The van der Waals surface area contributed by atoms with Crippen LogP contribution in [0.5, 0.6) is 0 Å². The zero-order valence-corrected chi connectivity index (χ0v) is 10.9. The second kappa shape index (κ2) is 8.02. The smallest absolute Gasteiger partial charge is 0.159 e. The van der Waals surface area contributed by atoms with Gasteiger partial charge >= 0.3 is 0 Å². The Bertz CT molecular complexity index is 327. The molecule has 0 fully saturated rings. The highest BCUT2D eigenvalue weighted by Gasteiger charge is 1.99. The summed E-state index contributed by atoms with van der Waals surface area (Å²) in [5, 5.41) is 0. The predicted octanol–water partition coefficient (Wildman–Crippen LogP) is 3.64. The minimum atomic E-state index is 0.118. The number of hydrogen-bond acceptors (Lipinski definition) is 2. The van der Waals surface area contributed by atoms with E-state index in [9.17, 15) is 4.79 Å². The van der Waals surface area contributed by atoms with E-state index < -0.39 is 0 Å². The molecule has 0 aliphatic rings. The summed E-state index contributed by atoms with van der Waals surface area (Å²) in [6, 6.07) is 7.78. The summed E-state index contributed by atoms with van der Waals surface area (Å²) < 4.78 is 5.55. The molecule has 0 bridgehead atoms. The van der Waals surface area contributed by atoms with Crippen molar-refractivity contribution in [2.24, 2.45) is 0 Å². The first kappa shape index (κ1) is 13.9. The Balaban J connectivity index is 2.21. The Morgan fingerprint density at radius 2 is 1.82 bits per heavy atom. The number of rotatable bonds is 8. The molecule has 0 radical (unpaired) electrons. The fourth-order valence-electron chi connectivity index (χ4n) is 1.65. The molecule has 2 heteroatoms. The van der Waals surface area contributed by atoms with Crippen LogP contribution < -0.4 is 0 Å². The summed E-state index contributed by atoms with van der Waals surface area (Å²) in [6.07, 6.45) is 4.55. The van der Waals surface area contributed by atoms with E-state index in [1.807, 2.05) is 24.3 Å². The maximum absolute atomic E-state index is 11.1. The average Bonchev–Trinajstić information content (AvgIpc) is 2.34. The third kappa shape index (κ3) is 5.64. The minimum Gasteiger partial charge on any atom is -0.381 e. The first-order valence-corrected chi connectivity index (χ1v) is 6.41. The summed E-state index contributed by atoms with van der Waals surface area (Å²) in [7, 11) is 0. The Morgan fingerprint density at radius 1 is 1.12 bits per heavy atom. The SMILES string of the molecule is CCCCCOCCc1ccc(C(C)=O)cc1. The minimum absolute atomic E-state index is 0.118. The van der Waals surface area contributed by atoms with Gasteiger partial charge in [-0.3, -0.25) is 4.79 Å². The van der Waals surface area contributed by atoms with Crippen molar-refractivity contribution < 1.29 is 9.53 Å². The Labute approximate surface area is 104 Å². The lowest BCUT2D eigenvalue weighted by atomic mass is 10.1. The zero-order valence-electron chi connectivity index (χ0n) is 10.9. The fraction of sp³-hybridized carbons (Fsp3) is 0.533. The normalized spacial score (nSPS) is 10.5. The lowest BCUT2D eigenvalue weighted by Gasteiger charge is -2.04. The molecule has 0 saturated heterocycles. The summed E-state index contributed by atoms with van der Waals surface area (Å²) >= 11 is 0. The molecule has 0 amide bonds. The predicted molar refractivity (Wildman–Crippen MR) is 70.5 cm³/mol. The lowest BCUT2D eigenvalue weighted by Crippen LogP contribution is -2.01. The van der Waals surface area contributed by atoms with Crippen LogP contribution in [0, 0.1) is 0 Å². The van der Waals surface area contributed by atoms with E-state index in [0.717, 1.165) is 31.6 Å². The number of ether oxygens (including phenoxy) is 1. The molecule has 0 unspecified atom stereocenters. The van der Waals surface area contributed by atoms with Gasteiger partial charge in [-0.05, 0) is 25.3 Å². The Kier molecular flexibility index (Phi) is 6.56. The van der Waals surface area contributed by atoms with Gasteiger partial charge in [0.05, 0.1) is 6.61 Å². The Morgan fingerprint density at radius 3 is 2.41 bits per heavy atom. The van der Waals surface area contributed by atoms with Crippen molar-refractivity contribution in [2.75, 3.05) is 13.2 Å². The van der Waals surface area contributed by atoms with Gasteiger partial charge in [-0.2, -0.15) is 0 Å². The van der Waals surface area contributed by atoms with E-state index >= 15 is 0 Å². The third-order valence-corrected chi connectivity index (χ3v) is 2.79. The van der Waals surface area contributed by atoms with E-state index in [0.29, 0.717) is 0 Å². The summed E-state index contributed by atoms with van der Waals surface area (Å²) in [5.74, 6) is 0.118. The van der Waals surface area contributed by atoms with Gasteiger partial charge < -0.3 is 4.74 Å². The van der Waals surface area contributed by atoms with Crippen molar-refractivity contribution in [1.29, 1.82) is 0 Å². The van der Waals surface area contributed by atoms with Crippen LogP contribution in [0.3, 0.4) is 0 Å². The van der Waals surface area contributed by atoms with E-state index in [1.54, 1.807) is 6.92 Å². The second-order valence-electron chi connectivity index (χ2n) is 4.32. The quantitative estimate of drug-likeness (QED) is 0.507. The van der Waals surface area contributed by atoms with Gasteiger partial charge in [0.2, 0.25) is 0 Å². The molecule has 0 saturated carbocycles. The lowest BCUT2D eigenvalue weighted by molar-refractivity contribution is 0.101. The van der Waals surface area contributed by atoms with Gasteiger partial charge in [0.15, 0.2) is 5.78 Å². The van der Waals surface area contributed by atoms with Gasteiger partial charge in [0, 0.05) is 12.2 Å². The number of carbonyl (C=O) groups excluding carboxylic acids is 1. The van der Waals surface area contributed by atoms with Crippen LogP contribution in [0.4, 0.5) is 0 Å². The maximum Gasteiger partial charge on any atom is 0.159 e. The molecule has 94 valence electrons. The number of benzene rings is 1. The largest absolute Gasteiger partial charge is 0.381 e. The van der Waals surface area contributed by atoms with Crippen molar-refractivity contribution in [3.05, 3.63) is 35.4 Å². The van der Waals surface area contributed by atoms with E-state index in [-0.39, 0.29) is 5.78 Å². The van der Waals surface area contributed by atoms with Crippen LogP contribution in [-0.2, 0) is 11.2 Å². The molecule has 0 aliphatic carbocycles. The van der Waals surface area contributed by atoms with Crippen LogP contribution in [-0.4, -0.2) is 19.0 Å². The molecule has 0 atom stereocenters. The van der Waals surface area contributed by atoms with E-state index in [1.165, 1.54) is 18.4 Å². The molecule has 0 spiro atoms. The maximum atomic E-state index is 11.1. The Hall–Kier alpha value is -1.15. The molecule has 2 nitrogen and oxygen atoms in total. The van der Waals surface area contributed by atoms with E-state index in [4.69, 9.17) is 4.74 Å². The molecule has 0 aromatic heterocycles. The van der Waals surface area contributed by atoms with Crippen molar-refractivity contribution >= 4 is 5.78 Å². The number of hydrogen-bond donors (Lipinski definition) is 0. The van der Waals surface area contributed by atoms with Crippen LogP contribution in [0.25, 0.3) is 0 Å². The second-order valence-corrected chi connectivity index (χ2v) is 4.32. The zero-order chi connectivity index (χ0) is 12.5. The first-order chi connectivity index (χ1) is 8.24. The van der Waals surface area contributed by atoms with Crippen LogP contribution >= 0.6 is 0 Å². The van der Waals surface area contributed by atoms with Gasteiger partial charge in [-0.25, -0.2) is 0 Å².